The molecule has 3 unspecified atom stereocenters. The Morgan fingerprint density at radius 3 is 2.24 bits per heavy atom. The number of carbonyl (C=O) groups is 2. The number of carbonyl (C=O) groups excluding carboxylic acids is 2. The van der Waals surface area contributed by atoms with Gasteiger partial charge in [-0.3, -0.25) is 15.4 Å². The number of likely N-dealkylation sites (N-methyl/N-ethyl adjacent to an activating group) is 1. The van der Waals surface area contributed by atoms with Gasteiger partial charge in [0.1, 0.15) is 18.1 Å². The monoisotopic (exact) mass is 731 g/mol. The number of hydrazone groups is 1. The topological polar surface area (TPSA) is 251 Å². The first-order valence-electron chi connectivity index (χ1n) is 17.1. The number of nitrogens with zero attached hydrogens (tertiary/aromatic N) is 3. The molecule has 1 aliphatic rings. The second-order valence-corrected chi connectivity index (χ2v) is 10.9. The van der Waals surface area contributed by atoms with Crippen molar-refractivity contribution in [3.05, 3.63) is 24.3 Å². The zero-order valence-corrected chi connectivity index (χ0v) is 30.3. The van der Waals surface area contributed by atoms with Gasteiger partial charge in [-0.05, 0) is 57.0 Å². The number of nitrogens with one attached hydrogen (secondary N) is 3. The number of nitrogens with two attached hydrogens (primary N) is 1. The number of hydrogen-bond donors (Lipinski definition) is 8. The Morgan fingerprint density at radius 1 is 1.02 bits per heavy atom. The molecule has 2 amide bonds. The summed E-state index contributed by atoms with van der Waals surface area (Å²) in [5, 5.41) is 47.6. The molecule has 0 saturated carbocycles. The molecule has 18 heteroatoms. The molecule has 0 aromatic heterocycles. The van der Waals surface area contributed by atoms with Crippen molar-refractivity contribution in [1.82, 2.24) is 15.9 Å². The van der Waals surface area contributed by atoms with E-state index in [1.54, 1.807) is 37.6 Å². The number of rotatable bonds is 24. The summed E-state index contributed by atoms with van der Waals surface area (Å²) < 4.78 is 26.5. The maximum absolute atomic E-state index is 11.9. The van der Waals surface area contributed by atoms with Crippen LogP contribution in [0, 0.1) is 0 Å². The number of unbranched alkanes of at least 4 members (excludes halogenated alkanes) is 1. The van der Waals surface area contributed by atoms with E-state index < -0.39 is 12.2 Å². The van der Waals surface area contributed by atoms with Gasteiger partial charge in [0.15, 0.2) is 0 Å². The molecule has 1 fully saturated rings. The van der Waals surface area contributed by atoms with Crippen LogP contribution in [0.2, 0.25) is 0 Å². The highest BCUT2D eigenvalue weighted by Gasteiger charge is 2.28. The molecule has 0 bridgehead atoms. The predicted molar refractivity (Wildman–Crippen MR) is 193 cm³/mol. The van der Waals surface area contributed by atoms with Gasteiger partial charge < -0.3 is 60.5 Å². The van der Waals surface area contributed by atoms with Crippen molar-refractivity contribution in [2.24, 2.45) is 15.9 Å². The minimum absolute atomic E-state index is 0.0630. The first-order valence-corrected chi connectivity index (χ1v) is 17.1. The minimum atomic E-state index is -0.824. The van der Waals surface area contributed by atoms with Crippen LogP contribution in [0.15, 0.2) is 34.4 Å². The maximum atomic E-state index is 11.9. The number of benzene rings is 1. The largest absolute Gasteiger partial charge is 0.497 e. The van der Waals surface area contributed by atoms with Gasteiger partial charge in [-0.15, -0.1) is 0 Å². The maximum Gasteiger partial charge on any atom is 0.319 e. The summed E-state index contributed by atoms with van der Waals surface area (Å²) in [6, 6.07) is 6.89. The molecule has 18 nitrogen and oxygen atoms in total. The van der Waals surface area contributed by atoms with Crippen LogP contribution in [0.4, 0.5) is 10.5 Å². The standard InChI is InChI=1S/C23H40N6O5.C7H15NO5.C3H6O/c1-25-11-13-32-15-17-34-18-16-33-14-12-26-19-21(29-24)5-3-4-10-27-23(30)28-20-6-8-22(31-2)9-7-20;9-6-3-5(1-2-8(11)12)13-4-7(6)10;1-2-3-4/h6-9,19,25H,3-5,10-18,24H2,1-2H3,(H2,27,28,30);5-7,9-12H,1-4H2;3H,2H2,1H3/b26-19?,29-21-;;. The van der Waals surface area contributed by atoms with Crippen molar-refractivity contribution in [3.8, 4) is 5.75 Å². The summed E-state index contributed by atoms with van der Waals surface area (Å²) in [6.45, 7) is 7.26. The third-order valence-corrected chi connectivity index (χ3v) is 6.77. The molecule has 1 aliphatic heterocycles. The van der Waals surface area contributed by atoms with Crippen LogP contribution in [-0.2, 0) is 23.7 Å². The lowest BCUT2D eigenvalue weighted by atomic mass is 10.0. The molecule has 0 spiro atoms. The molecule has 1 aromatic rings. The van der Waals surface area contributed by atoms with Gasteiger partial charge in [0, 0.05) is 37.8 Å². The summed E-state index contributed by atoms with van der Waals surface area (Å²) in [5.41, 5.74) is 1.42. The molecule has 1 saturated heterocycles. The molecule has 51 heavy (non-hydrogen) atoms. The van der Waals surface area contributed by atoms with Crippen molar-refractivity contribution >= 4 is 29.9 Å². The molecule has 3 atom stereocenters. The smallest absolute Gasteiger partial charge is 0.319 e. The molecule has 1 heterocycles. The average Bonchev–Trinajstić information content (AvgIpc) is 3.13. The first kappa shape index (κ1) is 47.7. The lowest BCUT2D eigenvalue weighted by molar-refractivity contribution is -0.309. The number of amides is 2. The summed E-state index contributed by atoms with van der Waals surface area (Å²) in [6.07, 6.45) is 4.43. The molecule has 2 rings (SSSR count). The predicted octanol–water partition coefficient (Wildman–Crippen LogP) is 1.20. The Bertz CT molecular complexity index is 1040. The Labute approximate surface area is 301 Å². The van der Waals surface area contributed by atoms with Crippen LogP contribution in [0.3, 0.4) is 0 Å². The van der Waals surface area contributed by atoms with E-state index in [-0.39, 0.29) is 30.5 Å². The third-order valence-electron chi connectivity index (χ3n) is 6.77. The normalized spacial score (nSPS) is 17.3. The van der Waals surface area contributed by atoms with E-state index in [0.29, 0.717) is 89.8 Å². The molecule has 1 aromatic carbocycles. The third kappa shape index (κ3) is 29.0. The Morgan fingerprint density at radius 2 is 1.67 bits per heavy atom. The van der Waals surface area contributed by atoms with E-state index in [1.807, 2.05) is 14.0 Å². The van der Waals surface area contributed by atoms with Crippen LogP contribution in [0.1, 0.15) is 45.4 Å². The van der Waals surface area contributed by atoms with Crippen molar-refractivity contribution in [2.45, 2.75) is 63.8 Å². The molecular formula is C33H61N7O11. The van der Waals surface area contributed by atoms with Gasteiger partial charge in [-0.25, -0.2) is 4.79 Å². The molecule has 0 radical (unpaired) electrons. The number of aliphatic hydroxyl groups is 2. The second-order valence-electron chi connectivity index (χ2n) is 10.9. The number of ether oxygens (including phenoxy) is 5. The Balaban J connectivity index is 0.00000120. The minimum Gasteiger partial charge on any atom is -0.497 e. The number of anilines is 1. The van der Waals surface area contributed by atoms with Crippen LogP contribution in [-0.4, -0.2) is 155 Å². The summed E-state index contributed by atoms with van der Waals surface area (Å²) in [5.74, 6) is 6.17. The van der Waals surface area contributed by atoms with Gasteiger partial charge in [0.2, 0.25) is 0 Å². The Kier molecular flexibility index (Phi) is 31.6. The van der Waals surface area contributed by atoms with E-state index in [2.05, 4.69) is 26.0 Å². The van der Waals surface area contributed by atoms with Crippen molar-refractivity contribution in [3.63, 3.8) is 0 Å². The Hall–Kier alpha value is -3.30. The number of methoxy groups -OCH3 is 1. The highest BCUT2D eigenvalue weighted by molar-refractivity contribution is 6.30. The number of hydrogen-bond acceptors (Lipinski definition) is 16. The van der Waals surface area contributed by atoms with E-state index >= 15 is 0 Å². The molecular weight excluding hydrogens is 670 g/mol. The zero-order valence-electron chi connectivity index (χ0n) is 30.3. The number of urea groups is 1. The first-order chi connectivity index (χ1) is 24.7. The van der Waals surface area contributed by atoms with Crippen LogP contribution in [0.5, 0.6) is 5.75 Å². The van der Waals surface area contributed by atoms with Gasteiger partial charge in [-0.2, -0.15) is 5.10 Å². The van der Waals surface area contributed by atoms with E-state index in [1.165, 1.54) is 0 Å². The van der Waals surface area contributed by atoms with Gasteiger partial charge in [0.25, 0.3) is 0 Å². The number of aliphatic hydroxyl groups excluding tert-OH is 2. The van der Waals surface area contributed by atoms with Crippen molar-refractivity contribution in [1.29, 1.82) is 0 Å². The fourth-order valence-electron chi connectivity index (χ4n) is 3.95. The highest BCUT2D eigenvalue weighted by atomic mass is 16.8. The number of hydroxylamine groups is 2. The number of aliphatic imine (C=N–C) groups is 1. The quantitative estimate of drug-likeness (QED) is 0.0245. The summed E-state index contributed by atoms with van der Waals surface area (Å²) >= 11 is 0. The van der Waals surface area contributed by atoms with Crippen LogP contribution < -0.4 is 26.5 Å². The SMILES string of the molecule is CCC=O.CNCCOCCOCCOCCN=C/C(CCCCNC(=O)Nc1ccc(OC)cc1)=N\N.OC1COC(CCN(O)O)CC1O. The molecule has 0 aliphatic carbocycles. The van der Waals surface area contributed by atoms with Gasteiger partial charge in [-0.1, -0.05) is 12.2 Å². The van der Waals surface area contributed by atoms with Crippen molar-refractivity contribution < 1.29 is 53.9 Å². The average molecular weight is 732 g/mol. The molecule has 9 N–H and O–H groups in total. The van der Waals surface area contributed by atoms with Crippen LogP contribution in [0.25, 0.3) is 0 Å². The van der Waals surface area contributed by atoms with Crippen LogP contribution >= 0.6 is 0 Å². The fraction of sp³-hybridized carbons (Fsp3) is 0.697. The fourth-order valence-corrected chi connectivity index (χ4v) is 3.95. The summed E-state index contributed by atoms with van der Waals surface area (Å²) in [4.78, 5) is 25.4. The van der Waals surface area contributed by atoms with E-state index in [4.69, 9.17) is 45.0 Å². The number of aldehydes is 1. The second kappa shape index (κ2) is 33.8. The van der Waals surface area contributed by atoms with Gasteiger partial charge >= 0.3 is 6.03 Å². The molecule has 294 valence electrons. The zero-order chi connectivity index (χ0) is 38.0. The lowest BCUT2D eigenvalue weighted by Crippen LogP contribution is -2.42. The highest BCUT2D eigenvalue weighted by Crippen LogP contribution is 2.17. The van der Waals surface area contributed by atoms with E-state index in [0.717, 1.165) is 31.4 Å². The summed E-state index contributed by atoms with van der Waals surface area (Å²) in [7, 11) is 3.49. The van der Waals surface area contributed by atoms with Gasteiger partial charge in [0.05, 0.1) is 84.4 Å². The van der Waals surface area contributed by atoms with Crippen molar-refractivity contribution in [2.75, 3.05) is 91.9 Å². The lowest BCUT2D eigenvalue weighted by Gasteiger charge is -2.30. The van der Waals surface area contributed by atoms with E-state index in [9.17, 15) is 14.7 Å².